The fourth-order valence-corrected chi connectivity index (χ4v) is 3.62. The van der Waals surface area contributed by atoms with Gasteiger partial charge in [0.05, 0.1) is 11.1 Å². The fourth-order valence-electron chi connectivity index (χ4n) is 1.65. The summed E-state index contributed by atoms with van der Waals surface area (Å²) < 4.78 is 0. The minimum absolute atomic E-state index is 0.277. The smallest absolute Gasteiger partial charge is 0.0564 e. The Hall–Kier alpha value is 0.260. The van der Waals surface area contributed by atoms with E-state index in [1.54, 1.807) is 11.3 Å². The number of halogens is 1. The molecule has 2 nitrogen and oxygen atoms in total. The summed E-state index contributed by atoms with van der Waals surface area (Å²) in [5.41, 5.74) is 5.86. The van der Waals surface area contributed by atoms with Crippen LogP contribution in [0.1, 0.15) is 17.8 Å². The minimum atomic E-state index is 0.277. The van der Waals surface area contributed by atoms with E-state index in [-0.39, 0.29) is 6.04 Å². The summed E-state index contributed by atoms with van der Waals surface area (Å²) in [7, 11) is 2.13. The van der Waals surface area contributed by atoms with E-state index >= 15 is 0 Å². The predicted octanol–water partition coefficient (Wildman–Crippen LogP) is 3.08. The summed E-state index contributed by atoms with van der Waals surface area (Å²) in [5, 5.41) is 2.77. The first-order valence-electron chi connectivity index (χ1n) is 5.25. The van der Waals surface area contributed by atoms with E-state index in [2.05, 4.69) is 25.1 Å². The number of hydrogen-bond acceptors (Lipinski definition) is 4. The molecule has 0 saturated carbocycles. The molecule has 0 aliphatic rings. The molecule has 2 unspecified atom stereocenters. The van der Waals surface area contributed by atoms with Crippen LogP contribution in [0.5, 0.6) is 0 Å². The van der Waals surface area contributed by atoms with Crippen molar-refractivity contribution in [1.29, 1.82) is 0 Å². The van der Waals surface area contributed by atoms with E-state index in [1.807, 2.05) is 23.2 Å². The molecule has 2 atom stereocenters. The lowest BCUT2D eigenvalue weighted by molar-refractivity contribution is 0.207. The van der Waals surface area contributed by atoms with Gasteiger partial charge in [-0.3, -0.25) is 4.90 Å². The van der Waals surface area contributed by atoms with Crippen LogP contribution in [-0.4, -0.2) is 36.5 Å². The third kappa shape index (κ3) is 3.64. The molecule has 0 aliphatic carbocycles. The van der Waals surface area contributed by atoms with Crippen LogP contribution in [-0.2, 0) is 0 Å². The van der Waals surface area contributed by atoms with Crippen LogP contribution >= 0.6 is 34.7 Å². The number of nitrogens with two attached hydrogens (primary N) is 1. The zero-order chi connectivity index (χ0) is 12.1. The highest BCUT2D eigenvalue weighted by molar-refractivity contribution is 7.98. The lowest BCUT2D eigenvalue weighted by Crippen LogP contribution is -2.37. The molecule has 0 spiro atoms. The maximum absolute atomic E-state index is 5.95. The van der Waals surface area contributed by atoms with Gasteiger partial charge in [0.1, 0.15) is 0 Å². The van der Waals surface area contributed by atoms with Gasteiger partial charge in [-0.05, 0) is 26.3 Å². The standard InChI is InChI=1S/C11H19ClN2S2/c1-8(6-15-3)14(2)10(5-13)11-4-9(12)7-16-11/h4,7-8,10H,5-6,13H2,1-3H3. The number of rotatable bonds is 6. The van der Waals surface area contributed by atoms with Crippen LogP contribution < -0.4 is 5.73 Å². The summed E-state index contributed by atoms with van der Waals surface area (Å²) in [4.78, 5) is 3.58. The van der Waals surface area contributed by atoms with Crippen molar-refractivity contribution in [3.8, 4) is 0 Å². The van der Waals surface area contributed by atoms with Crippen LogP contribution in [0.2, 0.25) is 5.02 Å². The molecule has 16 heavy (non-hydrogen) atoms. The summed E-state index contributed by atoms with van der Waals surface area (Å²) in [5.74, 6) is 1.12. The Bertz CT molecular complexity index is 317. The molecule has 2 N–H and O–H groups in total. The van der Waals surface area contributed by atoms with Crippen molar-refractivity contribution < 1.29 is 0 Å². The minimum Gasteiger partial charge on any atom is -0.329 e. The molecule has 0 saturated heterocycles. The summed E-state index contributed by atoms with van der Waals surface area (Å²) >= 11 is 9.50. The molecule has 1 heterocycles. The molecule has 0 fully saturated rings. The highest BCUT2D eigenvalue weighted by Crippen LogP contribution is 2.29. The average Bonchev–Trinajstić information content (AvgIpc) is 2.66. The van der Waals surface area contributed by atoms with Crippen LogP contribution in [0.25, 0.3) is 0 Å². The molecule has 92 valence electrons. The molecule has 0 aromatic carbocycles. The predicted molar refractivity (Wildman–Crippen MR) is 76.7 cm³/mol. The number of nitrogens with zero attached hydrogens (tertiary/aromatic N) is 1. The van der Waals surface area contributed by atoms with Crippen molar-refractivity contribution in [2.24, 2.45) is 5.73 Å². The van der Waals surface area contributed by atoms with Gasteiger partial charge in [0.2, 0.25) is 0 Å². The quantitative estimate of drug-likeness (QED) is 0.867. The first-order chi connectivity index (χ1) is 7.60. The summed E-state index contributed by atoms with van der Waals surface area (Å²) in [6.45, 7) is 2.86. The van der Waals surface area contributed by atoms with Gasteiger partial charge in [-0.2, -0.15) is 11.8 Å². The van der Waals surface area contributed by atoms with Gasteiger partial charge in [-0.25, -0.2) is 0 Å². The van der Waals surface area contributed by atoms with E-state index < -0.39 is 0 Å². The second kappa shape index (κ2) is 6.87. The molecular formula is C11H19ClN2S2. The molecule has 0 aliphatic heterocycles. The van der Waals surface area contributed by atoms with Gasteiger partial charge < -0.3 is 5.73 Å². The van der Waals surface area contributed by atoms with Gasteiger partial charge in [0, 0.05) is 28.6 Å². The first-order valence-corrected chi connectivity index (χ1v) is 7.90. The third-order valence-corrected chi connectivity index (χ3v) is 4.93. The van der Waals surface area contributed by atoms with Crippen molar-refractivity contribution in [3.63, 3.8) is 0 Å². The second-order valence-electron chi connectivity index (χ2n) is 3.89. The van der Waals surface area contributed by atoms with Gasteiger partial charge in [0.15, 0.2) is 0 Å². The highest BCUT2D eigenvalue weighted by Gasteiger charge is 2.21. The Balaban J connectivity index is 2.73. The number of hydrogen-bond donors (Lipinski definition) is 1. The molecule has 0 bridgehead atoms. The van der Waals surface area contributed by atoms with E-state index in [0.29, 0.717) is 12.6 Å². The first kappa shape index (κ1) is 14.3. The largest absolute Gasteiger partial charge is 0.329 e. The molecule has 5 heteroatoms. The Morgan fingerprint density at radius 2 is 2.31 bits per heavy atom. The zero-order valence-corrected chi connectivity index (χ0v) is 12.3. The summed E-state index contributed by atoms with van der Waals surface area (Å²) in [6, 6.07) is 2.82. The second-order valence-corrected chi connectivity index (χ2v) is 6.18. The molecule has 1 aromatic heterocycles. The molecule has 1 rings (SSSR count). The van der Waals surface area contributed by atoms with E-state index in [1.165, 1.54) is 4.88 Å². The maximum Gasteiger partial charge on any atom is 0.0564 e. The third-order valence-electron chi connectivity index (χ3n) is 2.73. The van der Waals surface area contributed by atoms with E-state index in [4.69, 9.17) is 17.3 Å². The lowest BCUT2D eigenvalue weighted by Gasteiger charge is -2.31. The SMILES string of the molecule is CSCC(C)N(C)C(CN)c1cc(Cl)cs1. The van der Waals surface area contributed by atoms with Crippen molar-refractivity contribution in [3.05, 3.63) is 21.3 Å². The Morgan fingerprint density at radius 1 is 1.62 bits per heavy atom. The van der Waals surface area contributed by atoms with Gasteiger partial charge in [-0.15, -0.1) is 11.3 Å². The van der Waals surface area contributed by atoms with Crippen LogP contribution in [0, 0.1) is 0 Å². The Morgan fingerprint density at radius 3 is 2.75 bits per heavy atom. The zero-order valence-electron chi connectivity index (χ0n) is 9.94. The topological polar surface area (TPSA) is 29.3 Å². The molecule has 1 aromatic rings. The number of thioether (sulfide) groups is 1. The van der Waals surface area contributed by atoms with Gasteiger partial charge in [0.25, 0.3) is 0 Å². The van der Waals surface area contributed by atoms with Gasteiger partial charge in [-0.1, -0.05) is 11.6 Å². The molecule has 0 amide bonds. The van der Waals surface area contributed by atoms with Crippen molar-refractivity contribution in [1.82, 2.24) is 4.90 Å². The van der Waals surface area contributed by atoms with Crippen LogP contribution in [0.3, 0.4) is 0 Å². The lowest BCUT2D eigenvalue weighted by atomic mass is 10.2. The molecule has 0 radical (unpaired) electrons. The monoisotopic (exact) mass is 278 g/mol. The maximum atomic E-state index is 5.95. The fraction of sp³-hybridized carbons (Fsp3) is 0.636. The Kier molecular flexibility index (Phi) is 6.15. The highest BCUT2D eigenvalue weighted by atomic mass is 35.5. The van der Waals surface area contributed by atoms with Crippen LogP contribution in [0.4, 0.5) is 0 Å². The Labute approximate surface area is 111 Å². The van der Waals surface area contributed by atoms with Gasteiger partial charge >= 0.3 is 0 Å². The van der Waals surface area contributed by atoms with Crippen molar-refractivity contribution >= 4 is 34.7 Å². The average molecular weight is 279 g/mol. The normalized spacial score (nSPS) is 15.4. The van der Waals surface area contributed by atoms with E-state index in [0.717, 1.165) is 10.8 Å². The molecular weight excluding hydrogens is 260 g/mol. The van der Waals surface area contributed by atoms with Crippen LogP contribution in [0.15, 0.2) is 11.4 Å². The van der Waals surface area contributed by atoms with Crippen molar-refractivity contribution in [2.75, 3.05) is 25.6 Å². The van der Waals surface area contributed by atoms with E-state index in [9.17, 15) is 0 Å². The number of thiophene rings is 1. The summed E-state index contributed by atoms with van der Waals surface area (Å²) in [6.07, 6.45) is 2.13. The number of likely N-dealkylation sites (N-methyl/N-ethyl adjacent to an activating group) is 1. The van der Waals surface area contributed by atoms with Crippen molar-refractivity contribution in [2.45, 2.75) is 19.0 Å².